The van der Waals surface area contributed by atoms with E-state index in [-0.39, 0.29) is 34.4 Å². The Morgan fingerprint density at radius 1 is 1.06 bits per heavy atom. The first-order chi connectivity index (χ1) is 16.3. The summed E-state index contributed by atoms with van der Waals surface area (Å²) >= 11 is 1.14. The molecule has 180 valence electrons. The SMILES string of the molecule is CCS(=O)(=O)Nc1ccc(-c2nnc(SCC(=O)N3CCN(C(=O)c4ccco4)CC3)o2)cc1. The number of amides is 2. The molecule has 0 unspecified atom stereocenters. The van der Waals surface area contributed by atoms with Crippen molar-refractivity contribution in [3.63, 3.8) is 0 Å². The van der Waals surface area contributed by atoms with Crippen molar-refractivity contribution in [2.75, 3.05) is 42.4 Å². The maximum Gasteiger partial charge on any atom is 0.289 e. The molecule has 34 heavy (non-hydrogen) atoms. The molecular formula is C21H23N5O6S2. The molecule has 3 heterocycles. The summed E-state index contributed by atoms with van der Waals surface area (Å²) in [6, 6.07) is 9.85. The molecule has 0 atom stereocenters. The molecule has 11 nitrogen and oxygen atoms in total. The first-order valence-electron chi connectivity index (χ1n) is 10.5. The number of furan rings is 1. The second kappa shape index (κ2) is 10.3. The smallest absolute Gasteiger partial charge is 0.289 e. The van der Waals surface area contributed by atoms with Crippen LogP contribution in [-0.4, -0.2) is 77.9 Å². The van der Waals surface area contributed by atoms with E-state index < -0.39 is 10.0 Å². The fourth-order valence-electron chi connectivity index (χ4n) is 3.25. The molecule has 13 heteroatoms. The van der Waals surface area contributed by atoms with Gasteiger partial charge in [-0.2, -0.15) is 0 Å². The largest absolute Gasteiger partial charge is 0.459 e. The molecule has 0 aliphatic carbocycles. The van der Waals surface area contributed by atoms with E-state index in [0.29, 0.717) is 43.2 Å². The Balaban J connectivity index is 1.26. The van der Waals surface area contributed by atoms with Crippen LogP contribution in [0.1, 0.15) is 17.5 Å². The zero-order chi connectivity index (χ0) is 24.1. The average Bonchev–Trinajstić information content (AvgIpc) is 3.55. The zero-order valence-electron chi connectivity index (χ0n) is 18.3. The number of carbonyl (C=O) groups excluding carboxylic acids is 2. The number of hydrogen-bond acceptors (Lipinski definition) is 9. The lowest BCUT2D eigenvalue weighted by atomic mass is 10.2. The monoisotopic (exact) mass is 505 g/mol. The lowest BCUT2D eigenvalue weighted by molar-refractivity contribution is -0.129. The first kappa shape index (κ1) is 23.8. The van der Waals surface area contributed by atoms with E-state index in [9.17, 15) is 18.0 Å². The van der Waals surface area contributed by atoms with Gasteiger partial charge in [0.1, 0.15) is 0 Å². The highest BCUT2D eigenvalue weighted by molar-refractivity contribution is 7.99. The minimum absolute atomic E-state index is 0.0174. The van der Waals surface area contributed by atoms with E-state index in [1.165, 1.54) is 6.26 Å². The van der Waals surface area contributed by atoms with Crippen molar-refractivity contribution in [3.05, 3.63) is 48.4 Å². The number of rotatable bonds is 8. The van der Waals surface area contributed by atoms with E-state index in [0.717, 1.165) is 11.8 Å². The van der Waals surface area contributed by atoms with E-state index in [1.54, 1.807) is 53.1 Å². The van der Waals surface area contributed by atoms with Crippen LogP contribution >= 0.6 is 11.8 Å². The number of thioether (sulfide) groups is 1. The summed E-state index contributed by atoms with van der Waals surface area (Å²) in [5, 5.41) is 8.22. The maximum atomic E-state index is 12.6. The molecule has 1 N–H and O–H groups in total. The number of nitrogens with zero attached hydrogens (tertiary/aromatic N) is 4. The lowest BCUT2D eigenvalue weighted by Crippen LogP contribution is -2.51. The quantitative estimate of drug-likeness (QED) is 0.456. The van der Waals surface area contributed by atoms with Gasteiger partial charge in [0.2, 0.25) is 21.8 Å². The van der Waals surface area contributed by atoms with Crippen molar-refractivity contribution in [2.45, 2.75) is 12.1 Å². The number of anilines is 1. The molecule has 1 saturated heterocycles. The Morgan fingerprint density at radius 3 is 2.41 bits per heavy atom. The summed E-state index contributed by atoms with van der Waals surface area (Å²) in [5.74, 6) is 0.412. The third kappa shape index (κ3) is 5.78. The van der Waals surface area contributed by atoms with Crippen LogP contribution in [0.2, 0.25) is 0 Å². The molecule has 0 saturated carbocycles. The van der Waals surface area contributed by atoms with Crippen molar-refractivity contribution in [1.29, 1.82) is 0 Å². The van der Waals surface area contributed by atoms with E-state index in [2.05, 4.69) is 14.9 Å². The number of hydrogen-bond donors (Lipinski definition) is 1. The van der Waals surface area contributed by atoms with Gasteiger partial charge >= 0.3 is 0 Å². The maximum absolute atomic E-state index is 12.6. The van der Waals surface area contributed by atoms with Crippen molar-refractivity contribution in [2.24, 2.45) is 0 Å². The molecule has 4 rings (SSSR count). The van der Waals surface area contributed by atoms with Crippen LogP contribution in [-0.2, 0) is 14.8 Å². The van der Waals surface area contributed by atoms with Gasteiger partial charge in [0, 0.05) is 37.4 Å². The second-order valence-corrected chi connectivity index (χ2v) is 10.3. The Morgan fingerprint density at radius 2 is 1.76 bits per heavy atom. The van der Waals surface area contributed by atoms with Crippen LogP contribution in [0.5, 0.6) is 0 Å². The Hall–Kier alpha value is -3.32. The predicted octanol–water partition coefficient (Wildman–Crippen LogP) is 2.17. The number of piperazine rings is 1. The number of aromatic nitrogens is 2. The van der Waals surface area contributed by atoms with E-state index in [4.69, 9.17) is 8.83 Å². The minimum atomic E-state index is -3.35. The highest BCUT2D eigenvalue weighted by Crippen LogP contribution is 2.25. The van der Waals surface area contributed by atoms with Crippen LogP contribution in [0, 0.1) is 0 Å². The lowest BCUT2D eigenvalue weighted by Gasteiger charge is -2.34. The van der Waals surface area contributed by atoms with Crippen LogP contribution in [0.3, 0.4) is 0 Å². The zero-order valence-corrected chi connectivity index (χ0v) is 20.0. The summed E-state index contributed by atoms with van der Waals surface area (Å²) in [6.07, 6.45) is 1.46. The predicted molar refractivity (Wildman–Crippen MR) is 125 cm³/mol. The second-order valence-electron chi connectivity index (χ2n) is 7.39. The summed E-state index contributed by atoms with van der Waals surface area (Å²) in [4.78, 5) is 28.3. The van der Waals surface area contributed by atoms with Gasteiger partial charge in [-0.25, -0.2) is 8.42 Å². The molecule has 2 aromatic heterocycles. The van der Waals surface area contributed by atoms with Crippen molar-refractivity contribution >= 4 is 39.3 Å². The first-order valence-corrected chi connectivity index (χ1v) is 13.2. The highest BCUT2D eigenvalue weighted by atomic mass is 32.2. The van der Waals surface area contributed by atoms with Crippen molar-refractivity contribution in [1.82, 2.24) is 20.0 Å². The number of sulfonamides is 1. The average molecular weight is 506 g/mol. The summed E-state index contributed by atoms with van der Waals surface area (Å²) in [7, 11) is -3.35. The molecule has 1 aliphatic rings. The van der Waals surface area contributed by atoms with Gasteiger partial charge in [-0.3, -0.25) is 14.3 Å². The third-order valence-corrected chi connectivity index (χ3v) is 7.27. The highest BCUT2D eigenvalue weighted by Gasteiger charge is 2.26. The standard InChI is InChI=1S/C21H23N5O6S2/c1-2-34(29,30)24-16-7-5-15(6-8-16)19-22-23-21(32-19)33-14-18(27)25-9-11-26(12-10-25)20(28)17-4-3-13-31-17/h3-8,13,24H,2,9-12,14H2,1H3. The van der Waals surface area contributed by atoms with Gasteiger partial charge in [-0.15, -0.1) is 10.2 Å². The van der Waals surface area contributed by atoms with Gasteiger partial charge in [0.15, 0.2) is 5.76 Å². The molecule has 1 aromatic carbocycles. The summed E-state index contributed by atoms with van der Waals surface area (Å²) < 4.78 is 36.6. The molecule has 1 aliphatic heterocycles. The fraction of sp³-hybridized carbons (Fsp3) is 0.333. The number of carbonyl (C=O) groups is 2. The minimum Gasteiger partial charge on any atom is -0.459 e. The van der Waals surface area contributed by atoms with Crippen LogP contribution in [0.25, 0.3) is 11.5 Å². The van der Waals surface area contributed by atoms with Crippen molar-refractivity contribution in [3.8, 4) is 11.5 Å². The number of benzene rings is 1. The van der Waals surface area contributed by atoms with Gasteiger partial charge in [0.25, 0.3) is 11.1 Å². The molecule has 0 spiro atoms. The molecule has 3 aromatic rings. The fourth-order valence-corrected chi connectivity index (χ4v) is 4.55. The molecule has 2 amide bonds. The Kier molecular flexibility index (Phi) is 7.22. The van der Waals surface area contributed by atoms with Crippen LogP contribution in [0.4, 0.5) is 5.69 Å². The Labute approximate surface area is 200 Å². The molecule has 1 fully saturated rings. The summed E-state index contributed by atoms with van der Waals surface area (Å²) in [6.45, 7) is 3.31. The number of nitrogens with one attached hydrogen (secondary N) is 1. The third-order valence-electron chi connectivity index (χ3n) is 5.16. The van der Waals surface area contributed by atoms with Gasteiger partial charge in [0.05, 0.1) is 17.8 Å². The van der Waals surface area contributed by atoms with Gasteiger partial charge in [-0.1, -0.05) is 11.8 Å². The summed E-state index contributed by atoms with van der Waals surface area (Å²) in [5.41, 5.74) is 1.07. The molecule has 0 bridgehead atoms. The topological polar surface area (TPSA) is 139 Å². The Bertz CT molecular complexity index is 1230. The van der Waals surface area contributed by atoms with E-state index >= 15 is 0 Å². The normalized spacial score (nSPS) is 14.3. The van der Waals surface area contributed by atoms with Crippen LogP contribution in [0.15, 0.2) is 56.7 Å². The van der Waals surface area contributed by atoms with Crippen LogP contribution < -0.4 is 4.72 Å². The molecular weight excluding hydrogens is 482 g/mol. The molecule has 0 radical (unpaired) electrons. The van der Waals surface area contributed by atoms with E-state index in [1.807, 2.05) is 0 Å². The van der Waals surface area contributed by atoms with Gasteiger partial charge < -0.3 is 18.6 Å². The van der Waals surface area contributed by atoms with Gasteiger partial charge in [-0.05, 0) is 43.3 Å². The van der Waals surface area contributed by atoms with Crippen molar-refractivity contribution < 1.29 is 26.8 Å².